The molecule has 1 aliphatic heterocycles. The molecule has 0 aromatic carbocycles. The lowest BCUT2D eigenvalue weighted by Crippen LogP contribution is -2.53. The highest BCUT2D eigenvalue weighted by molar-refractivity contribution is 5.92. The summed E-state index contributed by atoms with van der Waals surface area (Å²) in [4.78, 5) is 35.0. The molecule has 1 fully saturated rings. The normalized spacial score (nSPS) is 17.1. The Labute approximate surface area is 102 Å². The van der Waals surface area contributed by atoms with Crippen molar-refractivity contribution in [3.05, 3.63) is 28.2 Å². The summed E-state index contributed by atoms with van der Waals surface area (Å²) >= 11 is 0. The summed E-state index contributed by atoms with van der Waals surface area (Å²) in [6.45, 7) is 2.45. The number of rotatable bonds is 3. The minimum absolute atomic E-state index is 0.0192. The molecule has 1 unspecified atom stereocenters. The predicted molar refractivity (Wildman–Crippen MR) is 61.1 cm³/mol. The molecular formula is C11H13N3O4. The van der Waals surface area contributed by atoms with Crippen molar-refractivity contribution in [2.24, 2.45) is 11.8 Å². The van der Waals surface area contributed by atoms with E-state index >= 15 is 0 Å². The monoisotopic (exact) mass is 251 g/mol. The minimum atomic E-state index is -0.853. The fraction of sp³-hybridized carbons (Fsp3) is 0.455. The molecule has 2 rings (SSSR count). The first-order valence-corrected chi connectivity index (χ1v) is 5.57. The van der Waals surface area contributed by atoms with Gasteiger partial charge < -0.3 is 10.0 Å². The molecule has 2 N–H and O–H groups in total. The van der Waals surface area contributed by atoms with Crippen LogP contribution in [-0.2, 0) is 4.79 Å². The van der Waals surface area contributed by atoms with Crippen LogP contribution in [0.25, 0.3) is 0 Å². The molecule has 0 spiro atoms. The zero-order valence-corrected chi connectivity index (χ0v) is 9.79. The quantitative estimate of drug-likeness (QED) is 0.758. The summed E-state index contributed by atoms with van der Waals surface area (Å²) in [6.07, 6.45) is 0. The third-order valence-electron chi connectivity index (χ3n) is 3.19. The number of nitrogens with zero attached hydrogens (tertiary/aromatic N) is 2. The molecule has 0 aliphatic carbocycles. The van der Waals surface area contributed by atoms with Gasteiger partial charge in [-0.2, -0.15) is 5.10 Å². The van der Waals surface area contributed by atoms with Crippen molar-refractivity contribution in [3.63, 3.8) is 0 Å². The van der Waals surface area contributed by atoms with Crippen LogP contribution in [0.3, 0.4) is 0 Å². The van der Waals surface area contributed by atoms with Crippen LogP contribution in [-0.4, -0.2) is 45.2 Å². The van der Waals surface area contributed by atoms with Crippen LogP contribution in [0.4, 0.5) is 0 Å². The fourth-order valence-corrected chi connectivity index (χ4v) is 1.82. The van der Waals surface area contributed by atoms with Crippen molar-refractivity contribution in [3.8, 4) is 0 Å². The number of carboxylic acid groups (broad SMARTS) is 1. The molecule has 1 saturated heterocycles. The molecule has 7 heteroatoms. The van der Waals surface area contributed by atoms with Gasteiger partial charge in [0.15, 0.2) is 0 Å². The van der Waals surface area contributed by atoms with Gasteiger partial charge in [0.1, 0.15) is 5.69 Å². The van der Waals surface area contributed by atoms with Crippen LogP contribution < -0.4 is 5.56 Å². The first-order valence-electron chi connectivity index (χ1n) is 5.57. The van der Waals surface area contributed by atoms with E-state index in [1.165, 1.54) is 17.0 Å². The number of hydrogen-bond acceptors (Lipinski definition) is 4. The van der Waals surface area contributed by atoms with E-state index in [2.05, 4.69) is 10.2 Å². The van der Waals surface area contributed by atoms with Gasteiger partial charge >= 0.3 is 5.97 Å². The third kappa shape index (κ3) is 2.24. The maximum absolute atomic E-state index is 11.9. The van der Waals surface area contributed by atoms with Crippen molar-refractivity contribution in [2.75, 3.05) is 13.1 Å². The molecular weight excluding hydrogens is 238 g/mol. The van der Waals surface area contributed by atoms with Crippen LogP contribution in [0.1, 0.15) is 17.4 Å². The molecule has 1 amide bonds. The van der Waals surface area contributed by atoms with Crippen LogP contribution in [0.5, 0.6) is 0 Å². The smallest absolute Gasteiger partial charge is 0.306 e. The average molecular weight is 251 g/mol. The molecule has 0 bridgehead atoms. The molecule has 18 heavy (non-hydrogen) atoms. The maximum Gasteiger partial charge on any atom is 0.306 e. The zero-order chi connectivity index (χ0) is 13.3. The highest BCUT2D eigenvalue weighted by atomic mass is 16.4. The molecule has 2 heterocycles. The number of aromatic nitrogens is 2. The van der Waals surface area contributed by atoms with Gasteiger partial charge in [-0.25, -0.2) is 5.10 Å². The van der Waals surface area contributed by atoms with Crippen LogP contribution >= 0.6 is 0 Å². The third-order valence-corrected chi connectivity index (χ3v) is 3.19. The largest absolute Gasteiger partial charge is 0.481 e. The Morgan fingerprint density at radius 3 is 2.67 bits per heavy atom. The SMILES string of the molecule is CC(C(=O)O)C1CN(C(=O)c2ccc(=O)[nH]n2)C1. The van der Waals surface area contributed by atoms with Crippen molar-refractivity contribution in [1.82, 2.24) is 15.1 Å². The van der Waals surface area contributed by atoms with Crippen molar-refractivity contribution >= 4 is 11.9 Å². The predicted octanol–water partition coefficient (Wildman–Crippen LogP) is -0.437. The maximum atomic E-state index is 11.9. The highest BCUT2D eigenvalue weighted by Gasteiger charge is 2.37. The van der Waals surface area contributed by atoms with Gasteiger partial charge in [0, 0.05) is 25.1 Å². The lowest BCUT2D eigenvalue weighted by atomic mass is 9.87. The summed E-state index contributed by atoms with van der Waals surface area (Å²) in [5, 5.41) is 14.7. The number of aromatic amines is 1. The molecule has 1 aliphatic rings. The van der Waals surface area contributed by atoms with Crippen molar-refractivity contribution in [1.29, 1.82) is 0 Å². The minimum Gasteiger partial charge on any atom is -0.481 e. The summed E-state index contributed by atoms with van der Waals surface area (Å²) in [5.41, 5.74) is -0.205. The summed E-state index contributed by atoms with van der Waals surface area (Å²) in [7, 11) is 0. The molecule has 7 nitrogen and oxygen atoms in total. The Morgan fingerprint density at radius 1 is 1.50 bits per heavy atom. The number of likely N-dealkylation sites (tertiary alicyclic amines) is 1. The van der Waals surface area contributed by atoms with E-state index in [1.54, 1.807) is 6.92 Å². The van der Waals surface area contributed by atoms with E-state index in [9.17, 15) is 14.4 Å². The van der Waals surface area contributed by atoms with Gasteiger partial charge in [-0.1, -0.05) is 6.92 Å². The van der Waals surface area contributed by atoms with E-state index < -0.39 is 11.9 Å². The van der Waals surface area contributed by atoms with Crippen LogP contribution in [0.2, 0.25) is 0 Å². The Hall–Kier alpha value is -2.18. The first kappa shape index (κ1) is 12.3. The molecule has 1 aromatic rings. The zero-order valence-electron chi connectivity index (χ0n) is 9.79. The van der Waals surface area contributed by atoms with Crippen molar-refractivity contribution < 1.29 is 14.7 Å². The fourth-order valence-electron chi connectivity index (χ4n) is 1.82. The topological polar surface area (TPSA) is 103 Å². The van der Waals surface area contributed by atoms with E-state index in [0.29, 0.717) is 13.1 Å². The summed E-state index contributed by atoms with van der Waals surface area (Å²) < 4.78 is 0. The highest BCUT2D eigenvalue weighted by Crippen LogP contribution is 2.25. The number of carbonyl (C=O) groups excluding carboxylic acids is 1. The van der Waals surface area contributed by atoms with Gasteiger partial charge in [-0.15, -0.1) is 0 Å². The van der Waals surface area contributed by atoms with Crippen molar-refractivity contribution in [2.45, 2.75) is 6.92 Å². The number of H-pyrrole nitrogens is 1. The van der Waals surface area contributed by atoms with E-state index in [4.69, 9.17) is 5.11 Å². The average Bonchev–Trinajstić information content (AvgIpc) is 2.27. The number of amides is 1. The molecule has 1 atom stereocenters. The molecule has 0 radical (unpaired) electrons. The summed E-state index contributed by atoms with van der Waals surface area (Å²) in [5.74, 6) is -1.62. The first-order chi connectivity index (χ1) is 8.49. The van der Waals surface area contributed by atoms with E-state index in [0.717, 1.165) is 0 Å². The molecule has 1 aromatic heterocycles. The van der Waals surface area contributed by atoms with Gasteiger partial charge in [0.05, 0.1) is 5.92 Å². The Kier molecular flexibility index (Phi) is 3.14. The second-order valence-corrected chi connectivity index (χ2v) is 4.40. The van der Waals surface area contributed by atoms with E-state index in [-0.39, 0.29) is 23.1 Å². The summed E-state index contributed by atoms with van der Waals surface area (Å²) in [6, 6.07) is 2.59. The van der Waals surface area contributed by atoms with Crippen LogP contribution in [0.15, 0.2) is 16.9 Å². The van der Waals surface area contributed by atoms with Gasteiger partial charge in [0.2, 0.25) is 0 Å². The van der Waals surface area contributed by atoms with Gasteiger partial charge in [-0.05, 0) is 6.07 Å². The second-order valence-electron chi connectivity index (χ2n) is 4.40. The number of carbonyl (C=O) groups is 2. The Bertz CT molecular complexity index is 513. The lowest BCUT2D eigenvalue weighted by molar-refractivity contribution is -0.144. The molecule has 0 saturated carbocycles. The lowest BCUT2D eigenvalue weighted by Gasteiger charge is -2.40. The number of nitrogens with one attached hydrogen (secondary N) is 1. The van der Waals surface area contributed by atoms with Gasteiger partial charge in [0.25, 0.3) is 11.5 Å². The Morgan fingerprint density at radius 2 is 2.17 bits per heavy atom. The van der Waals surface area contributed by atoms with Gasteiger partial charge in [-0.3, -0.25) is 14.4 Å². The van der Waals surface area contributed by atoms with E-state index in [1.807, 2.05) is 0 Å². The number of carboxylic acids is 1. The Balaban J connectivity index is 1.96. The molecule has 96 valence electrons. The number of hydrogen-bond donors (Lipinski definition) is 2. The van der Waals surface area contributed by atoms with Crippen LogP contribution in [0, 0.1) is 11.8 Å². The standard InChI is InChI=1S/C11H13N3O4/c1-6(11(17)18)7-4-14(5-7)10(16)8-2-3-9(15)13-12-8/h2-3,6-7H,4-5H2,1H3,(H,13,15)(H,17,18). The number of aliphatic carboxylic acids is 1. The second kappa shape index (κ2) is 4.59.